The second-order valence-corrected chi connectivity index (χ2v) is 5.50. The molecule has 2 rings (SSSR count). The Balaban J connectivity index is 2.06. The van der Waals surface area contributed by atoms with Crippen LogP contribution in [0.15, 0.2) is 12.4 Å². The number of hydrogen-bond donors (Lipinski definition) is 1. The average molecular weight is 303 g/mol. The van der Waals surface area contributed by atoms with E-state index in [-0.39, 0.29) is 24.3 Å². The molecule has 2 aromatic rings. The van der Waals surface area contributed by atoms with Gasteiger partial charge in [-0.05, 0) is 27.7 Å². The summed E-state index contributed by atoms with van der Waals surface area (Å²) in [6.07, 6.45) is 3.59. The normalized spacial score (nSPS) is 12.2. The van der Waals surface area contributed by atoms with Crippen LogP contribution in [0.1, 0.15) is 47.2 Å². The number of nitrogens with zero attached hydrogens (tertiary/aromatic N) is 4. The molecule has 0 radical (unpaired) electrons. The Kier molecular flexibility index (Phi) is 4.44. The first kappa shape index (κ1) is 15.9. The van der Waals surface area contributed by atoms with Crippen molar-refractivity contribution >= 4 is 11.7 Å². The number of hydrogen-bond acceptors (Lipinski definition) is 4. The predicted octanol–water partition coefficient (Wildman–Crippen LogP) is 1.31. The zero-order valence-corrected chi connectivity index (χ0v) is 13.5. The minimum atomic E-state index is -0.156. The third kappa shape index (κ3) is 3.24. The van der Waals surface area contributed by atoms with E-state index in [4.69, 9.17) is 0 Å². The van der Waals surface area contributed by atoms with Gasteiger partial charge in [-0.3, -0.25) is 19.0 Å². The van der Waals surface area contributed by atoms with E-state index in [1.807, 2.05) is 20.2 Å². The number of nitrogens with one attached hydrogen (secondary N) is 1. The number of carbonyl (C=O) groups excluding carboxylic acids is 2. The van der Waals surface area contributed by atoms with Gasteiger partial charge < -0.3 is 5.32 Å². The predicted molar refractivity (Wildman–Crippen MR) is 81.5 cm³/mol. The zero-order chi connectivity index (χ0) is 16.4. The van der Waals surface area contributed by atoms with Crippen LogP contribution < -0.4 is 5.32 Å². The third-order valence-corrected chi connectivity index (χ3v) is 3.63. The van der Waals surface area contributed by atoms with Crippen molar-refractivity contribution in [3.63, 3.8) is 0 Å². The fourth-order valence-electron chi connectivity index (χ4n) is 2.53. The van der Waals surface area contributed by atoms with E-state index in [9.17, 15) is 9.59 Å². The lowest BCUT2D eigenvalue weighted by molar-refractivity contribution is -0.122. The summed E-state index contributed by atoms with van der Waals surface area (Å²) in [6.45, 7) is 7.07. The Bertz CT molecular complexity index is 714. The highest BCUT2D eigenvalue weighted by atomic mass is 16.2. The molecule has 0 bridgehead atoms. The zero-order valence-electron chi connectivity index (χ0n) is 13.5. The molecule has 1 N–H and O–H groups in total. The van der Waals surface area contributed by atoms with Crippen LogP contribution in [0.3, 0.4) is 0 Å². The minimum absolute atomic E-state index is 0.0367. The Hall–Kier alpha value is -2.44. The molecule has 0 aliphatic rings. The number of Topliss-reactive ketones (excluding diaryl/α,β-unsaturated/α-hetero) is 1. The Morgan fingerprint density at radius 1 is 1.36 bits per heavy atom. The number of aryl methyl sites for hydroxylation is 2. The number of carbonyl (C=O) groups is 2. The van der Waals surface area contributed by atoms with E-state index < -0.39 is 0 Å². The van der Waals surface area contributed by atoms with Gasteiger partial charge in [0.25, 0.3) is 0 Å². The standard InChI is InChI=1S/C15H21N5O2/c1-9(13-6-16-19(5)7-13)17-14(22)8-20-11(3)15(12(4)21)10(2)18-20/h6-7,9H,8H2,1-5H3,(H,17,22)/t9-/m1/s1. The van der Waals surface area contributed by atoms with Crippen LogP contribution in [-0.2, 0) is 18.4 Å². The molecule has 0 aliphatic heterocycles. The van der Waals surface area contributed by atoms with E-state index >= 15 is 0 Å². The molecule has 0 unspecified atom stereocenters. The summed E-state index contributed by atoms with van der Waals surface area (Å²) in [5, 5.41) is 11.3. The summed E-state index contributed by atoms with van der Waals surface area (Å²) >= 11 is 0. The highest BCUT2D eigenvalue weighted by Gasteiger charge is 2.18. The van der Waals surface area contributed by atoms with E-state index in [1.165, 1.54) is 6.92 Å². The van der Waals surface area contributed by atoms with Crippen LogP contribution in [-0.4, -0.2) is 31.3 Å². The van der Waals surface area contributed by atoms with Gasteiger partial charge in [0.1, 0.15) is 6.54 Å². The lowest BCUT2D eigenvalue weighted by Gasteiger charge is -2.12. The monoisotopic (exact) mass is 303 g/mol. The van der Waals surface area contributed by atoms with Crippen molar-refractivity contribution in [2.45, 2.75) is 40.3 Å². The molecule has 1 amide bonds. The quantitative estimate of drug-likeness (QED) is 0.844. The van der Waals surface area contributed by atoms with Crippen molar-refractivity contribution in [3.8, 4) is 0 Å². The maximum atomic E-state index is 12.2. The molecular formula is C15H21N5O2. The van der Waals surface area contributed by atoms with E-state index in [0.717, 1.165) is 5.56 Å². The molecule has 0 saturated heterocycles. The lowest BCUT2D eigenvalue weighted by Crippen LogP contribution is -2.30. The summed E-state index contributed by atoms with van der Waals surface area (Å²) in [5.41, 5.74) is 2.90. The average Bonchev–Trinajstić information content (AvgIpc) is 2.94. The first-order chi connectivity index (χ1) is 10.3. The highest BCUT2D eigenvalue weighted by molar-refractivity contribution is 5.96. The fraction of sp³-hybridized carbons (Fsp3) is 0.467. The van der Waals surface area contributed by atoms with Crippen molar-refractivity contribution < 1.29 is 9.59 Å². The van der Waals surface area contributed by atoms with Crippen LogP contribution in [0.2, 0.25) is 0 Å². The van der Waals surface area contributed by atoms with E-state index in [1.54, 1.807) is 29.4 Å². The van der Waals surface area contributed by atoms with Gasteiger partial charge in [0.05, 0.1) is 23.5 Å². The molecule has 2 heterocycles. The summed E-state index contributed by atoms with van der Waals surface area (Å²) in [7, 11) is 1.83. The van der Waals surface area contributed by atoms with Crippen molar-refractivity contribution in [2.75, 3.05) is 0 Å². The Morgan fingerprint density at radius 2 is 2.05 bits per heavy atom. The lowest BCUT2D eigenvalue weighted by atomic mass is 10.1. The second kappa shape index (κ2) is 6.13. The molecule has 0 aromatic carbocycles. The number of ketones is 1. The Labute approximate surface area is 129 Å². The smallest absolute Gasteiger partial charge is 0.242 e. The molecule has 0 spiro atoms. The van der Waals surface area contributed by atoms with Crippen molar-refractivity contribution in [3.05, 3.63) is 34.9 Å². The number of aromatic nitrogens is 4. The van der Waals surface area contributed by atoms with Crippen molar-refractivity contribution in [2.24, 2.45) is 7.05 Å². The molecule has 0 saturated carbocycles. The summed E-state index contributed by atoms with van der Waals surface area (Å²) in [5.74, 6) is -0.192. The summed E-state index contributed by atoms with van der Waals surface area (Å²) in [4.78, 5) is 23.7. The van der Waals surface area contributed by atoms with Crippen LogP contribution in [0, 0.1) is 13.8 Å². The first-order valence-corrected chi connectivity index (χ1v) is 7.12. The number of amides is 1. The van der Waals surface area contributed by atoms with Gasteiger partial charge in [-0.25, -0.2) is 0 Å². The topological polar surface area (TPSA) is 81.8 Å². The summed E-state index contributed by atoms with van der Waals surface area (Å²) in [6, 6.07) is -0.134. The maximum absolute atomic E-state index is 12.2. The summed E-state index contributed by atoms with van der Waals surface area (Å²) < 4.78 is 3.26. The third-order valence-electron chi connectivity index (χ3n) is 3.63. The molecular weight excluding hydrogens is 282 g/mol. The SMILES string of the molecule is CC(=O)c1c(C)nn(CC(=O)N[C@H](C)c2cnn(C)c2)c1C. The fourth-order valence-corrected chi connectivity index (χ4v) is 2.53. The van der Waals surface area contributed by atoms with Crippen LogP contribution in [0.25, 0.3) is 0 Å². The maximum Gasteiger partial charge on any atom is 0.242 e. The molecule has 1 atom stereocenters. The van der Waals surface area contributed by atoms with Gasteiger partial charge in [0.15, 0.2) is 5.78 Å². The Morgan fingerprint density at radius 3 is 2.55 bits per heavy atom. The van der Waals surface area contributed by atoms with Gasteiger partial charge in [-0.15, -0.1) is 0 Å². The first-order valence-electron chi connectivity index (χ1n) is 7.12. The van der Waals surface area contributed by atoms with Gasteiger partial charge in [0, 0.05) is 24.5 Å². The molecule has 0 fully saturated rings. The minimum Gasteiger partial charge on any atom is -0.348 e. The molecule has 118 valence electrons. The molecule has 2 aromatic heterocycles. The van der Waals surface area contributed by atoms with Crippen LogP contribution >= 0.6 is 0 Å². The van der Waals surface area contributed by atoms with Crippen molar-refractivity contribution in [1.29, 1.82) is 0 Å². The molecule has 22 heavy (non-hydrogen) atoms. The van der Waals surface area contributed by atoms with Gasteiger partial charge >= 0.3 is 0 Å². The van der Waals surface area contributed by atoms with Gasteiger partial charge in [-0.1, -0.05) is 0 Å². The molecule has 7 nitrogen and oxygen atoms in total. The van der Waals surface area contributed by atoms with Crippen LogP contribution in [0.5, 0.6) is 0 Å². The van der Waals surface area contributed by atoms with E-state index in [0.29, 0.717) is 17.0 Å². The van der Waals surface area contributed by atoms with Gasteiger partial charge in [-0.2, -0.15) is 10.2 Å². The van der Waals surface area contributed by atoms with Crippen molar-refractivity contribution in [1.82, 2.24) is 24.9 Å². The molecule has 0 aliphatic carbocycles. The largest absolute Gasteiger partial charge is 0.348 e. The molecule has 7 heteroatoms. The van der Waals surface area contributed by atoms with E-state index in [2.05, 4.69) is 15.5 Å². The highest BCUT2D eigenvalue weighted by Crippen LogP contribution is 2.14. The number of rotatable bonds is 5. The van der Waals surface area contributed by atoms with Gasteiger partial charge in [0.2, 0.25) is 5.91 Å². The second-order valence-electron chi connectivity index (χ2n) is 5.50. The van der Waals surface area contributed by atoms with Crippen LogP contribution in [0.4, 0.5) is 0 Å².